The highest BCUT2D eigenvalue weighted by Gasteiger charge is 2.35. The lowest BCUT2D eigenvalue weighted by molar-refractivity contribution is 0.117. The lowest BCUT2D eigenvalue weighted by Crippen LogP contribution is -2.42. The van der Waals surface area contributed by atoms with Crippen LogP contribution < -0.4 is 5.32 Å². The fourth-order valence-corrected chi connectivity index (χ4v) is 3.82. The van der Waals surface area contributed by atoms with Gasteiger partial charge in [0.05, 0.1) is 0 Å². The van der Waals surface area contributed by atoms with Gasteiger partial charge >= 0.3 is 0 Å². The van der Waals surface area contributed by atoms with Crippen LogP contribution in [-0.2, 0) is 6.42 Å². The van der Waals surface area contributed by atoms with Crippen molar-refractivity contribution < 1.29 is 0 Å². The van der Waals surface area contributed by atoms with E-state index in [1.54, 1.807) is 0 Å². The van der Waals surface area contributed by atoms with Crippen molar-refractivity contribution in [2.45, 2.75) is 52.5 Å². The lowest BCUT2D eigenvalue weighted by Gasteiger charge is -2.42. The van der Waals surface area contributed by atoms with Gasteiger partial charge in [-0.3, -0.25) is 0 Å². The molecule has 1 aromatic rings. The summed E-state index contributed by atoms with van der Waals surface area (Å²) in [6.07, 6.45) is 5.03. The van der Waals surface area contributed by atoms with Crippen LogP contribution in [0.2, 0.25) is 5.02 Å². The van der Waals surface area contributed by atoms with Crippen LogP contribution in [0.1, 0.15) is 45.6 Å². The van der Waals surface area contributed by atoms with Crippen molar-refractivity contribution in [3.8, 4) is 0 Å². The zero-order chi connectivity index (χ0) is 14.8. The molecule has 1 N–H and O–H groups in total. The van der Waals surface area contributed by atoms with E-state index in [0.717, 1.165) is 17.4 Å². The van der Waals surface area contributed by atoms with Gasteiger partial charge < -0.3 is 5.32 Å². The Bertz CT molecular complexity index is 435. The molecule has 2 heteroatoms. The van der Waals surface area contributed by atoms with Gasteiger partial charge in [0.1, 0.15) is 0 Å². The number of nitrogens with one attached hydrogen (secondary N) is 1. The summed E-state index contributed by atoms with van der Waals surface area (Å²) < 4.78 is 0. The lowest BCUT2D eigenvalue weighted by atomic mass is 9.66. The van der Waals surface area contributed by atoms with Crippen LogP contribution in [0.4, 0.5) is 0 Å². The van der Waals surface area contributed by atoms with E-state index in [0.29, 0.717) is 17.4 Å². The van der Waals surface area contributed by atoms with Gasteiger partial charge in [-0.1, -0.05) is 50.6 Å². The van der Waals surface area contributed by atoms with E-state index in [1.165, 1.54) is 24.8 Å². The molecule has 3 unspecified atom stereocenters. The average Bonchev–Trinajstić information content (AvgIpc) is 2.40. The maximum atomic E-state index is 6.34. The predicted octanol–water partition coefficient (Wildman–Crippen LogP) is 4.93. The largest absolute Gasteiger partial charge is 0.317 e. The van der Waals surface area contributed by atoms with Gasteiger partial charge in [-0.15, -0.1) is 0 Å². The smallest absolute Gasteiger partial charge is 0.0438 e. The number of benzene rings is 1. The molecule has 0 aliphatic heterocycles. The molecule has 1 aromatic carbocycles. The van der Waals surface area contributed by atoms with Gasteiger partial charge in [0, 0.05) is 11.1 Å². The van der Waals surface area contributed by atoms with Gasteiger partial charge in [-0.25, -0.2) is 0 Å². The molecular formula is C18H28ClN. The molecule has 0 bridgehead atoms. The molecule has 0 spiro atoms. The molecule has 112 valence electrons. The first-order chi connectivity index (χ1) is 9.41. The Balaban J connectivity index is 2.12. The van der Waals surface area contributed by atoms with Crippen molar-refractivity contribution >= 4 is 11.6 Å². The summed E-state index contributed by atoms with van der Waals surface area (Å²) in [4.78, 5) is 0. The summed E-state index contributed by atoms with van der Waals surface area (Å²) in [6.45, 7) is 7.14. The highest BCUT2D eigenvalue weighted by atomic mass is 35.5. The van der Waals surface area contributed by atoms with E-state index in [9.17, 15) is 0 Å². The first-order valence-electron chi connectivity index (χ1n) is 7.82. The first kappa shape index (κ1) is 15.9. The van der Waals surface area contributed by atoms with Crippen molar-refractivity contribution in [3.63, 3.8) is 0 Å². The normalized spacial score (nSPS) is 27.6. The van der Waals surface area contributed by atoms with Crippen LogP contribution in [-0.4, -0.2) is 13.1 Å². The molecule has 0 radical (unpaired) electrons. The van der Waals surface area contributed by atoms with Crippen molar-refractivity contribution in [3.05, 3.63) is 34.9 Å². The van der Waals surface area contributed by atoms with E-state index in [2.05, 4.69) is 45.3 Å². The molecule has 0 aromatic heterocycles. The van der Waals surface area contributed by atoms with E-state index in [-0.39, 0.29) is 0 Å². The first-order valence-corrected chi connectivity index (χ1v) is 8.20. The average molecular weight is 294 g/mol. The molecule has 0 saturated heterocycles. The molecule has 1 aliphatic rings. The second-order valence-electron chi connectivity index (χ2n) is 7.33. The number of hydrogen-bond donors (Lipinski definition) is 1. The summed E-state index contributed by atoms with van der Waals surface area (Å²) in [5.74, 6) is 1.51. The van der Waals surface area contributed by atoms with Gasteiger partial charge in [-0.05, 0) is 61.6 Å². The van der Waals surface area contributed by atoms with Crippen LogP contribution in [0, 0.1) is 17.3 Å². The molecule has 3 atom stereocenters. The number of hydrogen-bond acceptors (Lipinski definition) is 1. The van der Waals surface area contributed by atoms with Crippen LogP contribution in [0.25, 0.3) is 0 Å². The summed E-state index contributed by atoms with van der Waals surface area (Å²) in [7, 11) is 2.10. The molecule has 20 heavy (non-hydrogen) atoms. The zero-order valence-electron chi connectivity index (χ0n) is 13.2. The second kappa shape index (κ2) is 6.49. The Morgan fingerprint density at radius 3 is 2.50 bits per heavy atom. The Morgan fingerprint density at radius 2 is 1.90 bits per heavy atom. The van der Waals surface area contributed by atoms with Crippen molar-refractivity contribution in [2.75, 3.05) is 7.05 Å². The third-order valence-corrected chi connectivity index (χ3v) is 5.39. The quantitative estimate of drug-likeness (QED) is 0.833. The molecule has 1 saturated carbocycles. The molecule has 0 heterocycles. The monoisotopic (exact) mass is 293 g/mol. The molecule has 2 rings (SSSR count). The van der Waals surface area contributed by atoms with Crippen molar-refractivity contribution in [1.29, 1.82) is 0 Å². The minimum Gasteiger partial charge on any atom is -0.317 e. The maximum Gasteiger partial charge on any atom is 0.0438 e. The van der Waals surface area contributed by atoms with Gasteiger partial charge in [-0.2, -0.15) is 0 Å². The predicted molar refractivity (Wildman–Crippen MR) is 88.3 cm³/mol. The van der Waals surface area contributed by atoms with Crippen molar-refractivity contribution in [1.82, 2.24) is 5.32 Å². The fraction of sp³-hybridized carbons (Fsp3) is 0.667. The second-order valence-corrected chi connectivity index (χ2v) is 7.73. The number of rotatable bonds is 3. The van der Waals surface area contributed by atoms with Crippen LogP contribution in [0.5, 0.6) is 0 Å². The molecule has 1 aliphatic carbocycles. The maximum absolute atomic E-state index is 6.34. The summed E-state index contributed by atoms with van der Waals surface area (Å²) in [5, 5.41) is 4.44. The molecule has 1 nitrogen and oxygen atoms in total. The molecular weight excluding hydrogens is 266 g/mol. The zero-order valence-corrected chi connectivity index (χ0v) is 14.0. The Labute approximate surface area is 129 Å². The van der Waals surface area contributed by atoms with Gasteiger partial charge in [0.15, 0.2) is 0 Å². The summed E-state index contributed by atoms with van der Waals surface area (Å²) in [6, 6.07) is 8.93. The fourth-order valence-electron chi connectivity index (χ4n) is 3.60. The third-order valence-electron chi connectivity index (χ3n) is 5.02. The Morgan fingerprint density at radius 1 is 1.20 bits per heavy atom. The SMILES string of the molecule is CNC1CCC(C(C)(C)C)CC1Cc1ccccc1Cl. The minimum atomic E-state index is 0.414. The van der Waals surface area contributed by atoms with Crippen LogP contribution in [0.3, 0.4) is 0 Å². The third kappa shape index (κ3) is 3.77. The standard InChI is InChI=1S/C18H28ClN/c1-18(2,3)15-9-10-17(20-4)14(12-15)11-13-7-5-6-8-16(13)19/h5-8,14-15,17,20H,9-12H2,1-4H3. The molecule has 0 amide bonds. The highest BCUT2D eigenvalue weighted by molar-refractivity contribution is 6.31. The van der Waals surface area contributed by atoms with Crippen molar-refractivity contribution in [2.24, 2.45) is 17.3 Å². The van der Waals surface area contributed by atoms with E-state index < -0.39 is 0 Å². The van der Waals surface area contributed by atoms with E-state index in [1.807, 2.05) is 12.1 Å². The molecule has 1 fully saturated rings. The van der Waals surface area contributed by atoms with Crippen LogP contribution in [0.15, 0.2) is 24.3 Å². The van der Waals surface area contributed by atoms with E-state index in [4.69, 9.17) is 11.6 Å². The highest BCUT2D eigenvalue weighted by Crippen LogP contribution is 2.41. The number of halogens is 1. The van der Waals surface area contributed by atoms with Gasteiger partial charge in [0.2, 0.25) is 0 Å². The van der Waals surface area contributed by atoms with E-state index >= 15 is 0 Å². The topological polar surface area (TPSA) is 12.0 Å². The van der Waals surface area contributed by atoms with Crippen LogP contribution >= 0.6 is 11.6 Å². The minimum absolute atomic E-state index is 0.414. The Hall–Kier alpha value is -0.530. The van der Waals surface area contributed by atoms with Gasteiger partial charge in [0.25, 0.3) is 0 Å². The summed E-state index contributed by atoms with van der Waals surface area (Å²) in [5.41, 5.74) is 1.71. The summed E-state index contributed by atoms with van der Waals surface area (Å²) >= 11 is 6.34. The Kier molecular flexibility index (Phi) is 5.14.